The molecule has 4 heteroatoms. The van der Waals surface area contributed by atoms with Gasteiger partial charge in [-0.2, -0.15) is 11.8 Å². The monoisotopic (exact) mass is 446 g/mol. The van der Waals surface area contributed by atoms with E-state index in [1.165, 1.54) is 37.7 Å². The van der Waals surface area contributed by atoms with Crippen LogP contribution < -0.4 is 5.32 Å². The third-order valence-corrected chi connectivity index (χ3v) is 7.41. The summed E-state index contributed by atoms with van der Waals surface area (Å²) < 4.78 is 0. The van der Waals surface area contributed by atoms with E-state index in [0.717, 1.165) is 39.9 Å². The van der Waals surface area contributed by atoms with Gasteiger partial charge in [0, 0.05) is 17.0 Å². The van der Waals surface area contributed by atoms with Crippen LogP contribution in [-0.4, -0.2) is 28.9 Å². The van der Waals surface area contributed by atoms with Gasteiger partial charge in [-0.25, -0.2) is 4.98 Å². The molecule has 1 aliphatic carbocycles. The molecule has 1 aliphatic rings. The van der Waals surface area contributed by atoms with E-state index >= 15 is 0 Å². The second kappa shape index (κ2) is 11.0. The molecule has 1 unspecified atom stereocenters. The summed E-state index contributed by atoms with van der Waals surface area (Å²) in [5, 5.41) is 4.44. The van der Waals surface area contributed by atoms with Gasteiger partial charge in [-0.15, -0.1) is 0 Å². The number of benzene rings is 2. The molecule has 3 nitrogen and oxygen atoms in total. The van der Waals surface area contributed by atoms with Crippen molar-refractivity contribution in [3.05, 3.63) is 65.7 Å². The summed E-state index contributed by atoms with van der Waals surface area (Å²) in [5.74, 6) is 1.74. The fourth-order valence-corrected chi connectivity index (χ4v) is 5.46. The van der Waals surface area contributed by atoms with Crippen molar-refractivity contribution in [1.82, 2.24) is 10.3 Å². The zero-order valence-corrected chi connectivity index (χ0v) is 20.1. The number of thioether (sulfide) groups is 1. The molecule has 1 heterocycles. The number of amides is 1. The highest BCUT2D eigenvalue weighted by atomic mass is 32.2. The Morgan fingerprint density at radius 1 is 1.03 bits per heavy atom. The Bertz CT molecular complexity index is 1040. The zero-order chi connectivity index (χ0) is 22.3. The standard InChI is InChI=1S/C28H34N2OS/c1-20(21-11-5-3-6-12-21)29-27(31)19-25-23-15-9-10-16-26(23)30-28(24(25)17-18-32-2)22-13-7-4-8-14-22/h4,7-10,13-16,20-21H,3,5-6,11-12,17-19H2,1-2H3,(H,29,31). The van der Waals surface area contributed by atoms with E-state index in [-0.39, 0.29) is 11.9 Å². The summed E-state index contributed by atoms with van der Waals surface area (Å²) in [6.07, 6.45) is 9.83. The van der Waals surface area contributed by atoms with Gasteiger partial charge in [0.2, 0.25) is 5.91 Å². The van der Waals surface area contributed by atoms with E-state index in [1.54, 1.807) is 0 Å². The number of rotatable bonds is 8. The van der Waals surface area contributed by atoms with Crippen molar-refractivity contribution in [2.45, 2.75) is 57.9 Å². The van der Waals surface area contributed by atoms with E-state index in [1.807, 2.05) is 23.9 Å². The molecule has 1 N–H and O–H groups in total. The van der Waals surface area contributed by atoms with Gasteiger partial charge >= 0.3 is 0 Å². The summed E-state index contributed by atoms with van der Waals surface area (Å²) in [6.45, 7) is 2.18. The van der Waals surface area contributed by atoms with Crippen LogP contribution in [0.2, 0.25) is 0 Å². The molecule has 0 saturated heterocycles. The predicted molar refractivity (Wildman–Crippen MR) is 137 cm³/mol. The lowest BCUT2D eigenvalue weighted by Crippen LogP contribution is -2.39. The van der Waals surface area contributed by atoms with Crippen LogP contribution in [0, 0.1) is 5.92 Å². The van der Waals surface area contributed by atoms with Crippen molar-refractivity contribution in [1.29, 1.82) is 0 Å². The van der Waals surface area contributed by atoms with Crippen LogP contribution in [0.1, 0.15) is 50.2 Å². The first kappa shape index (κ1) is 22.8. The van der Waals surface area contributed by atoms with Gasteiger partial charge in [-0.05, 0) is 61.3 Å². The van der Waals surface area contributed by atoms with Crippen molar-refractivity contribution in [2.75, 3.05) is 12.0 Å². The number of carbonyl (C=O) groups is 1. The van der Waals surface area contributed by atoms with E-state index in [9.17, 15) is 4.79 Å². The summed E-state index contributed by atoms with van der Waals surface area (Å²) in [4.78, 5) is 18.3. The number of para-hydroxylation sites is 1. The van der Waals surface area contributed by atoms with Crippen molar-refractivity contribution in [3.8, 4) is 11.3 Å². The fourth-order valence-electron chi connectivity index (χ4n) is 5.05. The Kier molecular flexibility index (Phi) is 7.85. The quantitative estimate of drug-likeness (QED) is 0.433. The number of hydrogen-bond donors (Lipinski definition) is 1. The van der Waals surface area contributed by atoms with Crippen LogP contribution in [0.5, 0.6) is 0 Å². The molecule has 3 aromatic rings. The van der Waals surface area contributed by atoms with E-state index in [4.69, 9.17) is 4.98 Å². The van der Waals surface area contributed by atoms with Crippen LogP contribution in [0.25, 0.3) is 22.2 Å². The largest absolute Gasteiger partial charge is 0.353 e. The summed E-state index contributed by atoms with van der Waals surface area (Å²) in [7, 11) is 0. The third-order valence-electron chi connectivity index (χ3n) is 6.80. The maximum Gasteiger partial charge on any atom is 0.224 e. The fraction of sp³-hybridized carbons (Fsp3) is 0.429. The van der Waals surface area contributed by atoms with Gasteiger partial charge in [-0.3, -0.25) is 4.79 Å². The predicted octanol–water partition coefficient (Wildman–Crippen LogP) is 6.43. The van der Waals surface area contributed by atoms with E-state index in [0.29, 0.717) is 12.3 Å². The third kappa shape index (κ3) is 5.35. The first-order valence-electron chi connectivity index (χ1n) is 11.9. The molecule has 1 aromatic heterocycles. The lowest BCUT2D eigenvalue weighted by atomic mass is 9.84. The molecule has 1 atom stereocenters. The number of aromatic nitrogens is 1. The van der Waals surface area contributed by atoms with E-state index in [2.05, 4.69) is 61.0 Å². The Balaban J connectivity index is 1.70. The van der Waals surface area contributed by atoms with Gasteiger partial charge in [0.05, 0.1) is 17.6 Å². The molecule has 0 radical (unpaired) electrons. The minimum Gasteiger partial charge on any atom is -0.353 e. The highest BCUT2D eigenvalue weighted by Crippen LogP contribution is 2.32. The molecule has 1 fully saturated rings. The van der Waals surface area contributed by atoms with Crippen molar-refractivity contribution >= 4 is 28.6 Å². The smallest absolute Gasteiger partial charge is 0.224 e. The molecule has 0 aliphatic heterocycles. The molecule has 168 valence electrons. The summed E-state index contributed by atoms with van der Waals surface area (Å²) in [6, 6.07) is 18.9. The summed E-state index contributed by atoms with van der Waals surface area (Å²) >= 11 is 1.83. The number of nitrogens with zero attached hydrogens (tertiary/aromatic N) is 1. The van der Waals surface area contributed by atoms with Gasteiger partial charge in [-0.1, -0.05) is 67.8 Å². The molecule has 0 bridgehead atoms. The zero-order valence-electron chi connectivity index (χ0n) is 19.3. The van der Waals surface area contributed by atoms with Gasteiger partial charge in [0.1, 0.15) is 0 Å². The highest BCUT2D eigenvalue weighted by Gasteiger charge is 2.23. The van der Waals surface area contributed by atoms with E-state index < -0.39 is 0 Å². The topological polar surface area (TPSA) is 42.0 Å². The molecular weight excluding hydrogens is 412 g/mol. The number of pyridine rings is 1. The lowest BCUT2D eigenvalue weighted by Gasteiger charge is -2.28. The summed E-state index contributed by atoms with van der Waals surface area (Å²) in [5.41, 5.74) is 5.44. The molecule has 1 amide bonds. The minimum atomic E-state index is 0.129. The molecule has 1 saturated carbocycles. The number of fused-ring (bicyclic) bond motifs is 1. The van der Waals surface area contributed by atoms with Crippen molar-refractivity contribution in [3.63, 3.8) is 0 Å². The number of carbonyl (C=O) groups excluding carboxylic acids is 1. The molecule has 2 aromatic carbocycles. The van der Waals surface area contributed by atoms with Crippen LogP contribution in [0.15, 0.2) is 54.6 Å². The van der Waals surface area contributed by atoms with Gasteiger partial charge in [0.25, 0.3) is 0 Å². The second-order valence-electron chi connectivity index (χ2n) is 8.97. The average Bonchev–Trinajstić information content (AvgIpc) is 2.84. The van der Waals surface area contributed by atoms with Crippen LogP contribution in [-0.2, 0) is 17.6 Å². The van der Waals surface area contributed by atoms with Crippen molar-refractivity contribution < 1.29 is 4.79 Å². The Morgan fingerprint density at radius 3 is 2.50 bits per heavy atom. The molecule has 4 rings (SSSR count). The van der Waals surface area contributed by atoms with Crippen molar-refractivity contribution in [2.24, 2.45) is 5.92 Å². The SMILES string of the molecule is CSCCc1c(-c2ccccc2)nc2ccccc2c1CC(=O)NC(C)C1CCCCC1. The second-order valence-corrected chi connectivity index (χ2v) is 9.96. The maximum absolute atomic E-state index is 13.2. The lowest BCUT2D eigenvalue weighted by molar-refractivity contribution is -0.121. The average molecular weight is 447 g/mol. The maximum atomic E-state index is 13.2. The van der Waals surface area contributed by atoms with Crippen LogP contribution in [0.4, 0.5) is 0 Å². The number of hydrogen-bond acceptors (Lipinski definition) is 3. The Morgan fingerprint density at radius 2 is 1.75 bits per heavy atom. The highest BCUT2D eigenvalue weighted by molar-refractivity contribution is 7.98. The van der Waals surface area contributed by atoms with Gasteiger partial charge in [0.15, 0.2) is 0 Å². The van der Waals surface area contributed by atoms with Gasteiger partial charge < -0.3 is 5.32 Å². The molecule has 0 spiro atoms. The normalized spacial score (nSPS) is 15.6. The van der Waals surface area contributed by atoms with Crippen LogP contribution in [0.3, 0.4) is 0 Å². The van der Waals surface area contributed by atoms with Crippen LogP contribution >= 0.6 is 11.8 Å². The Labute approximate surface area is 196 Å². The first-order chi connectivity index (χ1) is 15.7. The molecular formula is C28H34N2OS. The number of nitrogens with one attached hydrogen (secondary N) is 1. The Hall–Kier alpha value is -2.33. The first-order valence-corrected chi connectivity index (χ1v) is 13.3. The minimum absolute atomic E-state index is 0.129. The molecule has 32 heavy (non-hydrogen) atoms.